The van der Waals surface area contributed by atoms with Crippen molar-refractivity contribution in [3.8, 4) is 17.6 Å². The van der Waals surface area contributed by atoms with E-state index in [1.807, 2.05) is 17.5 Å². The van der Waals surface area contributed by atoms with E-state index in [0.29, 0.717) is 6.54 Å². The van der Waals surface area contributed by atoms with Crippen molar-refractivity contribution in [1.82, 2.24) is 10.6 Å². The Bertz CT molecular complexity index is 709. The minimum Gasteiger partial charge on any atom is -0.478 e. The molecule has 1 aromatic carbocycles. The second kappa shape index (κ2) is 8.76. The number of ether oxygens (including phenoxy) is 1. The molecule has 0 radical (unpaired) electrons. The molecule has 2 amide bonds. The minimum absolute atomic E-state index is 0.0545. The first kappa shape index (κ1) is 16.8. The van der Waals surface area contributed by atoms with E-state index >= 15 is 0 Å². The molecule has 0 aliphatic carbocycles. The maximum Gasteiger partial charge on any atom is 0.315 e. The van der Waals surface area contributed by atoms with Crippen LogP contribution in [0.4, 0.5) is 13.6 Å². The highest BCUT2D eigenvalue weighted by Crippen LogP contribution is 2.17. The third kappa shape index (κ3) is 5.96. The van der Waals surface area contributed by atoms with Crippen molar-refractivity contribution < 1.29 is 18.3 Å². The predicted octanol–water partition coefficient (Wildman–Crippen LogP) is 2.91. The average molecular weight is 336 g/mol. The largest absolute Gasteiger partial charge is 0.478 e. The van der Waals surface area contributed by atoms with Gasteiger partial charge in [0, 0.05) is 10.9 Å². The topological polar surface area (TPSA) is 50.4 Å². The Labute approximate surface area is 136 Å². The highest BCUT2D eigenvalue weighted by molar-refractivity contribution is 7.09. The van der Waals surface area contributed by atoms with Crippen LogP contribution < -0.4 is 15.4 Å². The molecular weight excluding hydrogens is 322 g/mol. The van der Waals surface area contributed by atoms with Crippen LogP contribution in [0.15, 0.2) is 35.7 Å². The second-order valence-electron chi connectivity index (χ2n) is 4.33. The number of benzene rings is 1. The molecule has 7 heteroatoms. The van der Waals surface area contributed by atoms with Crippen LogP contribution in [0.5, 0.6) is 5.75 Å². The summed E-state index contributed by atoms with van der Waals surface area (Å²) in [4.78, 5) is 12.5. The maximum atomic E-state index is 13.3. The Kier molecular flexibility index (Phi) is 6.39. The van der Waals surface area contributed by atoms with E-state index in [4.69, 9.17) is 4.74 Å². The van der Waals surface area contributed by atoms with Crippen LogP contribution in [-0.2, 0) is 6.54 Å². The van der Waals surface area contributed by atoms with Crippen LogP contribution in [0.3, 0.4) is 0 Å². The van der Waals surface area contributed by atoms with Crippen molar-refractivity contribution in [3.05, 3.63) is 52.2 Å². The number of hydrogen-bond acceptors (Lipinski definition) is 3. The molecule has 0 spiro atoms. The van der Waals surface area contributed by atoms with Crippen LogP contribution in [-0.4, -0.2) is 19.2 Å². The zero-order chi connectivity index (χ0) is 16.5. The van der Waals surface area contributed by atoms with Gasteiger partial charge in [-0.05, 0) is 23.6 Å². The lowest BCUT2D eigenvalue weighted by Crippen LogP contribution is -2.35. The molecule has 2 aromatic rings. The smallest absolute Gasteiger partial charge is 0.315 e. The molecule has 4 nitrogen and oxygen atoms in total. The third-order valence-electron chi connectivity index (χ3n) is 2.66. The number of rotatable bonds is 5. The molecule has 0 aliphatic heterocycles. The van der Waals surface area contributed by atoms with E-state index in [0.717, 1.165) is 17.0 Å². The lowest BCUT2D eigenvalue weighted by atomic mass is 10.3. The van der Waals surface area contributed by atoms with Gasteiger partial charge in [-0.3, -0.25) is 0 Å². The number of amides is 2. The quantitative estimate of drug-likeness (QED) is 0.825. The van der Waals surface area contributed by atoms with Crippen molar-refractivity contribution >= 4 is 17.4 Å². The maximum absolute atomic E-state index is 13.3. The van der Waals surface area contributed by atoms with Gasteiger partial charge in [0.05, 0.1) is 13.1 Å². The fraction of sp³-hybridized carbons (Fsp3) is 0.188. The molecule has 2 rings (SSSR count). The summed E-state index contributed by atoms with van der Waals surface area (Å²) in [6.45, 7) is 0.552. The molecular formula is C16H14F2N2O2S. The molecule has 0 atom stereocenters. The van der Waals surface area contributed by atoms with Crippen molar-refractivity contribution in [1.29, 1.82) is 0 Å². The van der Waals surface area contributed by atoms with Gasteiger partial charge in [-0.15, -0.1) is 11.3 Å². The zero-order valence-corrected chi connectivity index (χ0v) is 12.9. The Hall–Kier alpha value is -2.59. The number of carbonyl (C=O) groups excluding carboxylic acids is 1. The van der Waals surface area contributed by atoms with Crippen molar-refractivity contribution in [2.45, 2.75) is 6.54 Å². The summed E-state index contributed by atoms with van der Waals surface area (Å²) < 4.78 is 31.0. The van der Waals surface area contributed by atoms with Gasteiger partial charge in [-0.2, -0.15) is 0 Å². The summed E-state index contributed by atoms with van der Waals surface area (Å²) in [5, 5.41) is 7.19. The number of urea groups is 1. The Morgan fingerprint density at radius 2 is 2.09 bits per heavy atom. The van der Waals surface area contributed by atoms with Gasteiger partial charge < -0.3 is 15.4 Å². The van der Waals surface area contributed by atoms with E-state index < -0.39 is 11.6 Å². The molecule has 23 heavy (non-hydrogen) atoms. The summed E-state index contributed by atoms with van der Waals surface area (Å²) in [5.74, 6) is 3.78. The normalized spacial score (nSPS) is 9.65. The van der Waals surface area contributed by atoms with Crippen LogP contribution in [0.2, 0.25) is 0 Å². The number of nitrogens with one attached hydrogen (secondary N) is 2. The summed E-state index contributed by atoms with van der Waals surface area (Å²) in [6.07, 6.45) is 0. The number of carbonyl (C=O) groups is 1. The van der Waals surface area contributed by atoms with Gasteiger partial charge in [-0.1, -0.05) is 17.9 Å². The molecule has 2 N–H and O–H groups in total. The second-order valence-corrected chi connectivity index (χ2v) is 5.36. The van der Waals surface area contributed by atoms with Crippen molar-refractivity contribution in [2.75, 3.05) is 13.2 Å². The highest BCUT2D eigenvalue weighted by atomic mass is 32.1. The zero-order valence-electron chi connectivity index (χ0n) is 12.1. The first-order chi connectivity index (χ1) is 11.1. The third-order valence-corrected chi connectivity index (χ3v) is 3.54. The molecule has 0 unspecified atom stereocenters. The minimum atomic E-state index is -0.780. The molecule has 120 valence electrons. The fourth-order valence-electron chi connectivity index (χ4n) is 1.59. The van der Waals surface area contributed by atoms with Crippen LogP contribution in [0, 0.1) is 23.5 Å². The van der Waals surface area contributed by atoms with Gasteiger partial charge >= 0.3 is 6.03 Å². The van der Waals surface area contributed by atoms with E-state index in [1.54, 1.807) is 11.3 Å². The van der Waals surface area contributed by atoms with Crippen LogP contribution >= 0.6 is 11.3 Å². The Balaban J connectivity index is 1.63. The SMILES string of the molecule is O=C(NCC#CCOc1ccc(F)cc1F)NCc1cccs1. The highest BCUT2D eigenvalue weighted by Gasteiger charge is 2.03. The van der Waals surface area contributed by atoms with Crippen molar-refractivity contribution in [3.63, 3.8) is 0 Å². The molecule has 1 heterocycles. The van der Waals surface area contributed by atoms with E-state index in [1.165, 1.54) is 6.07 Å². The lowest BCUT2D eigenvalue weighted by Gasteiger charge is -2.04. The number of thiophene rings is 1. The number of hydrogen-bond donors (Lipinski definition) is 2. The van der Waals surface area contributed by atoms with E-state index in [2.05, 4.69) is 22.5 Å². The van der Waals surface area contributed by atoms with Crippen molar-refractivity contribution in [2.24, 2.45) is 0 Å². The van der Waals surface area contributed by atoms with Crippen LogP contribution in [0.25, 0.3) is 0 Å². The Morgan fingerprint density at radius 3 is 2.83 bits per heavy atom. The monoisotopic (exact) mass is 336 g/mol. The standard InChI is InChI=1S/C16H14F2N2O2S/c17-12-5-6-15(14(18)10-12)22-8-2-1-7-19-16(21)20-11-13-4-3-9-23-13/h3-6,9-10H,7-8,11H2,(H2,19,20,21). The number of halogens is 2. The van der Waals surface area contributed by atoms with E-state index in [9.17, 15) is 13.6 Å². The average Bonchev–Trinajstić information content (AvgIpc) is 3.04. The first-order valence-corrected chi connectivity index (χ1v) is 7.61. The molecule has 0 aliphatic rings. The fourth-order valence-corrected chi connectivity index (χ4v) is 2.23. The van der Waals surface area contributed by atoms with Gasteiger partial charge in [0.25, 0.3) is 0 Å². The molecule has 0 saturated heterocycles. The first-order valence-electron chi connectivity index (χ1n) is 6.73. The summed E-state index contributed by atoms with van der Waals surface area (Å²) in [5.41, 5.74) is 0. The molecule has 1 aromatic heterocycles. The molecule has 0 bridgehead atoms. The summed E-state index contributed by atoms with van der Waals surface area (Å²) in [7, 11) is 0. The van der Waals surface area contributed by atoms with Gasteiger partial charge in [-0.25, -0.2) is 13.6 Å². The summed E-state index contributed by atoms with van der Waals surface area (Å²) >= 11 is 1.56. The van der Waals surface area contributed by atoms with E-state index in [-0.39, 0.29) is 24.9 Å². The molecule has 0 fully saturated rings. The lowest BCUT2D eigenvalue weighted by molar-refractivity contribution is 0.241. The van der Waals surface area contributed by atoms with Crippen LogP contribution in [0.1, 0.15) is 4.88 Å². The van der Waals surface area contributed by atoms with Gasteiger partial charge in [0.15, 0.2) is 11.6 Å². The summed E-state index contributed by atoms with van der Waals surface area (Å²) in [6, 6.07) is 6.56. The van der Waals surface area contributed by atoms with Gasteiger partial charge in [0.1, 0.15) is 12.4 Å². The predicted molar refractivity (Wildman–Crippen MR) is 84.2 cm³/mol. The Morgan fingerprint density at radius 1 is 1.22 bits per heavy atom. The molecule has 0 saturated carbocycles. The van der Waals surface area contributed by atoms with Gasteiger partial charge in [0.2, 0.25) is 0 Å².